The Labute approximate surface area is 230 Å². The average molecular weight is 554 g/mol. The zero-order valence-corrected chi connectivity index (χ0v) is 23.6. The summed E-state index contributed by atoms with van der Waals surface area (Å²) in [5.74, 6) is -1.19. The van der Waals surface area contributed by atoms with Crippen LogP contribution in [0.2, 0.25) is 0 Å². The number of anilines is 1. The van der Waals surface area contributed by atoms with Gasteiger partial charge in [0.1, 0.15) is 18.4 Å². The molecule has 0 heterocycles. The summed E-state index contributed by atoms with van der Waals surface area (Å²) in [6.45, 7) is 5.88. The summed E-state index contributed by atoms with van der Waals surface area (Å²) >= 11 is 0. The first kappa shape index (κ1) is 29.8. The van der Waals surface area contributed by atoms with E-state index in [1.165, 1.54) is 17.0 Å². The SMILES string of the molecule is Cc1ccccc1CN(C(=O)CN(c1ccc(F)cc1)S(C)(=O)=O)[C@H](Cc1ccccc1)C(=O)NCC(C)C. The first-order valence-corrected chi connectivity index (χ1v) is 14.7. The third-order valence-electron chi connectivity index (χ3n) is 6.35. The van der Waals surface area contributed by atoms with Crippen LogP contribution in [0.1, 0.15) is 30.5 Å². The molecule has 7 nitrogen and oxygen atoms in total. The molecule has 0 radical (unpaired) electrons. The molecule has 0 saturated heterocycles. The van der Waals surface area contributed by atoms with Crippen LogP contribution in [0.5, 0.6) is 0 Å². The van der Waals surface area contributed by atoms with E-state index >= 15 is 0 Å². The number of amides is 2. The number of hydrogen-bond acceptors (Lipinski definition) is 4. The molecule has 3 rings (SSSR count). The minimum atomic E-state index is -3.90. The third-order valence-corrected chi connectivity index (χ3v) is 7.49. The molecule has 0 spiro atoms. The molecular weight excluding hydrogens is 517 g/mol. The van der Waals surface area contributed by atoms with Gasteiger partial charge in [0, 0.05) is 19.5 Å². The molecule has 0 bridgehead atoms. The number of sulfonamides is 1. The number of carbonyl (C=O) groups excluding carboxylic acids is 2. The van der Waals surface area contributed by atoms with Crippen LogP contribution in [0.25, 0.3) is 0 Å². The van der Waals surface area contributed by atoms with Gasteiger partial charge in [0.25, 0.3) is 0 Å². The van der Waals surface area contributed by atoms with Crippen LogP contribution in [0, 0.1) is 18.7 Å². The van der Waals surface area contributed by atoms with E-state index in [4.69, 9.17) is 0 Å². The van der Waals surface area contributed by atoms with Crippen molar-refractivity contribution in [1.82, 2.24) is 10.2 Å². The van der Waals surface area contributed by atoms with Crippen molar-refractivity contribution in [3.05, 3.63) is 101 Å². The second-order valence-corrected chi connectivity index (χ2v) is 11.9. The van der Waals surface area contributed by atoms with Crippen LogP contribution >= 0.6 is 0 Å². The number of hydrogen-bond donors (Lipinski definition) is 1. The van der Waals surface area contributed by atoms with Crippen LogP contribution in [0.4, 0.5) is 10.1 Å². The fourth-order valence-corrected chi connectivity index (χ4v) is 5.02. The number of benzene rings is 3. The number of halogens is 1. The lowest BCUT2D eigenvalue weighted by Crippen LogP contribution is -2.53. The Morgan fingerprint density at radius 2 is 1.54 bits per heavy atom. The lowest BCUT2D eigenvalue weighted by atomic mass is 10.0. The van der Waals surface area contributed by atoms with Crippen LogP contribution < -0.4 is 9.62 Å². The largest absolute Gasteiger partial charge is 0.354 e. The molecular formula is C30H36FN3O4S. The Hall–Kier alpha value is -3.72. The van der Waals surface area contributed by atoms with Crippen LogP contribution in [-0.4, -0.2) is 50.5 Å². The van der Waals surface area contributed by atoms with Crippen LogP contribution in [0.15, 0.2) is 78.9 Å². The Balaban J connectivity index is 2.05. The second-order valence-electron chi connectivity index (χ2n) is 10.0. The quantitative estimate of drug-likeness (QED) is 0.362. The summed E-state index contributed by atoms with van der Waals surface area (Å²) in [6, 6.07) is 20.9. The minimum Gasteiger partial charge on any atom is -0.354 e. The Bertz CT molecular complexity index is 1360. The van der Waals surface area contributed by atoms with Gasteiger partial charge in [-0.3, -0.25) is 13.9 Å². The van der Waals surface area contributed by atoms with E-state index in [9.17, 15) is 22.4 Å². The highest BCUT2D eigenvalue weighted by Gasteiger charge is 2.33. The van der Waals surface area contributed by atoms with Crippen molar-refractivity contribution in [1.29, 1.82) is 0 Å². The number of nitrogens with one attached hydrogen (secondary N) is 1. The van der Waals surface area contributed by atoms with Gasteiger partial charge in [0.15, 0.2) is 0 Å². The van der Waals surface area contributed by atoms with Gasteiger partial charge in [-0.05, 0) is 53.8 Å². The minimum absolute atomic E-state index is 0.110. The maximum absolute atomic E-state index is 14.0. The number of aryl methyl sites for hydroxylation is 1. The molecule has 0 unspecified atom stereocenters. The van der Waals surface area contributed by atoms with Gasteiger partial charge in [-0.25, -0.2) is 12.8 Å². The number of carbonyl (C=O) groups is 2. The van der Waals surface area contributed by atoms with Gasteiger partial charge in [0.2, 0.25) is 21.8 Å². The molecule has 0 aliphatic rings. The highest BCUT2D eigenvalue weighted by atomic mass is 32.2. The van der Waals surface area contributed by atoms with Gasteiger partial charge in [-0.2, -0.15) is 0 Å². The summed E-state index contributed by atoms with van der Waals surface area (Å²) in [7, 11) is -3.90. The first-order valence-electron chi connectivity index (χ1n) is 12.8. The standard InChI is InChI=1S/C30H36FN3O4S/c1-22(2)19-32-30(36)28(18-24-11-6-5-7-12-24)33(20-25-13-9-8-10-23(25)3)29(35)21-34(39(4,37)38)27-16-14-26(31)15-17-27/h5-17,22,28H,18-21H2,1-4H3,(H,32,36)/t28-/m1/s1. The summed E-state index contributed by atoms with van der Waals surface area (Å²) in [6.07, 6.45) is 1.24. The third kappa shape index (κ3) is 8.64. The molecule has 2 amide bonds. The molecule has 0 aromatic heterocycles. The lowest BCUT2D eigenvalue weighted by Gasteiger charge is -2.34. The zero-order chi connectivity index (χ0) is 28.6. The maximum atomic E-state index is 14.0. The van der Waals surface area contributed by atoms with Crippen LogP contribution in [0.3, 0.4) is 0 Å². The molecule has 0 aliphatic heterocycles. The predicted molar refractivity (Wildman–Crippen MR) is 152 cm³/mol. The van der Waals surface area contributed by atoms with Crippen LogP contribution in [-0.2, 0) is 32.6 Å². The lowest BCUT2D eigenvalue weighted by molar-refractivity contribution is -0.140. The van der Waals surface area contributed by atoms with Gasteiger partial charge in [0.05, 0.1) is 11.9 Å². The predicted octanol–water partition coefficient (Wildman–Crippen LogP) is 4.31. The fraction of sp³-hybridized carbons (Fsp3) is 0.333. The molecule has 9 heteroatoms. The zero-order valence-electron chi connectivity index (χ0n) is 22.8. The summed E-state index contributed by atoms with van der Waals surface area (Å²) in [5, 5.41) is 2.95. The Morgan fingerprint density at radius 3 is 2.13 bits per heavy atom. The van der Waals surface area contributed by atoms with E-state index < -0.39 is 34.3 Å². The molecule has 208 valence electrons. The smallest absolute Gasteiger partial charge is 0.244 e. The highest BCUT2D eigenvalue weighted by molar-refractivity contribution is 7.92. The molecule has 39 heavy (non-hydrogen) atoms. The van der Waals surface area contributed by atoms with E-state index in [1.54, 1.807) is 0 Å². The van der Waals surface area contributed by atoms with Gasteiger partial charge >= 0.3 is 0 Å². The highest BCUT2D eigenvalue weighted by Crippen LogP contribution is 2.21. The molecule has 3 aromatic rings. The van der Waals surface area contributed by atoms with Crippen molar-refractivity contribution in [2.45, 2.75) is 39.8 Å². The van der Waals surface area contributed by atoms with E-state index in [-0.39, 0.29) is 30.5 Å². The monoisotopic (exact) mass is 553 g/mol. The van der Waals surface area contributed by atoms with Crippen molar-refractivity contribution in [2.75, 3.05) is 23.7 Å². The molecule has 0 fully saturated rings. The van der Waals surface area contributed by atoms with Gasteiger partial charge in [-0.1, -0.05) is 68.4 Å². The summed E-state index contributed by atoms with van der Waals surface area (Å²) in [5.41, 5.74) is 2.80. The average Bonchev–Trinajstić information content (AvgIpc) is 2.89. The van der Waals surface area contributed by atoms with Crippen molar-refractivity contribution in [3.8, 4) is 0 Å². The maximum Gasteiger partial charge on any atom is 0.244 e. The topological polar surface area (TPSA) is 86.8 Å². The van der Waals surface area contributed by atoms with E-state index in [2.05, 4.69) is 5.32 Å². The number of nitrogens with zero attached hydrogens (tertiary/aromatic N) is 2. The molecule has 1 atom stereocenters. The second kappa shape index (κ2) is 13.4. The molecule has 0 aliphatic carbocycles. The van der Waals surface area contributed by atoms with Crippen molar-refractivity contribution in [2.24, 2.45) is 5.92 Å². The van der Waals surface area contributed by atoms with Crippen molar-refractivity contribution >= 4 is 27.5 Å². The first-order chi connectivity index (χ1) is 18.5. The van der Waals surface area contributed by atoms with E-state index in [0.717, 1.165) is 39.4 Å². The van der Waals surface area contributed by atoms with Crippen molar-refractivity contribution in [3.63, 3.8) is 0 Å². The molecule has 1 N–H and O–H groups in total. The fourth-order valence-electron chi connectivity index (χ4n) is 4.17. The number of rotatable bonds is 12. The van der Waals surface area contributed by atoms with E-state index in [1.807, 2.05) is 75.4 Å². The summed E-state index contributed by atoms with van der Waals surface area (Å²) in [4.78, 5) is 29.0. The van der Waals surface area contributed by atoms with E-state index in [0.29, 0.717) is 6.54 Å². The van der Waals surface area contributed by atoms with Gasteiger partial charge < -0.3 is 10.2 Å². The molecule has 3 aromatic carbocycles. The summed E-state index contributed by atoms with van der Waals surface area (Å²) < 4.78 is 40.0. The Kier molecular flexibility index (Phi) is 10.2. The normalized spacial score (nSPS) is 12.2. The van der Waals surface area contributed by atoms with Crippen molar-refractivity contribution < 1.29 is 22.4 Å². The Morgan fingerprint density at radius 1 is 0.923 bits per heavy atom. The molecule has 0 saturated carbocycles. The van der Waals surface area contributed by atoms with Gasteiger partial charge in [-0.15, -0.1) is 0 Å².